The van der Waals surface area contributed by atoms with Crippen LogP contribution in [-0.4, -0.2) is 97.4 Å². The van der Waals surface area contributed by atoms with Crippen LogP contribution < -0.4 is 10.2 Å². The standard InChI is InChI=1S/C47H58F2N10/c1-32-23-37-25-44(51-32)42-29-50-54(4)45(42)9-7-5-6-8-15-59-46-24-35(10-11-43(46)53-47(59)52-33(37)2)30-55-16-13-40(14-17-55)57-21-19-56(20-22-57)34(3)36-12-18-58(31-36)41-27-38(48)26-39(49)28-41/h10-11,23-29,36,40H,2-3,5-9,12-22,30-31H2,1,4H3,(H,52,53). The molecule has 5 aromatic rings. The van der Waals surface area contributed by atoms with Gasteiger partial charge in [0.25, 0.3) is 0 Å². The zero-order valence-electron chi connectivity index (χ0n) is 34.8. The van der Waals surface area contributed by atoms with Crippen LogP contribution in [0.2, 0.25) is 0 Å². The van der Waals surface area contributed by atoms with Crippen molar-refractivity contribution in [3.05, 3.63) is 108 Å². The summed E-state index contributed by atoms with van der Waals surface area (Å²) in [5.41, 5.74) is 11.3. The monoisotopic (exact) mass is 800 g/mol. The van der Waals surface area contributed by atoms with Crippen molar-refractivity contribution >= 4 is 28.4 Å². The molecule has 10 nitrogen and oxygen atoms in total. The van der Waals surface area contributed by atoms with Crippen molar-refractivity contribution in [3.8, 4) is 11.3 Å². The smallest absolute Gasteiger partial charge is 0.208 e. The molecule has 0 spiro atoms. The Labute approximate surface area is 347 Å². The number of rotatable bonds is 6. The number of likely N-dealkylation sites (tertiary alicyclic amines) is 1. The summed E-state index contributed by atoms with van der Waals surface area (Å²) in [7, 11) is 2.03. The summed E-state index contributed by atoms with van der Waals surface area (Å²) in [5, 5.41) is 8.21. The number of imidazole rings is 1. The van der Waals surface area contributed by atoms with E-state index in [4.69, 9.17) is 9.97 Å². The summed E-state index contributed by atoms with van der Waals surface area (Å²) in [6.45, 7) is 20.6. The zero-order valence-corrected chi connectivity index (χ0v) is 34.8. The molecule has 0 amide bonds. The Morgan fingerprint density at radius 1 is 0.847 bits per heavy atom. The molecule has 59 heavy (non-hydrogen) atoms. The van der Waals surface area contributed by atoms with Crippen LogP contribution in [0.15, 0.2) is 73.6 Å². The summed E-state index contributed by atoms with van der Waals surface area (Å²) in [4.78, 5) is 19.9. The summed E-state index contributed by atoms with van der Waals surface area (Å²) in [6, 6.07) is 15.4. The number of pyridine rings is 1. The Kier molecular flexibility index (Phi) is 11.3. The second-order valence-corrected chi connectivity index (χ2v) is 17.3. The van der Waals surface area contributed by atoms with Gasteiger partial charge in [-0.2, -0.15) is 5.10 Å². The van der Waals surface area contributed by atoms with Crippen molar-refractivity contribution in [1.29, 1.82) is 0 Å². The average molecular weight is 801 g/mol. The second-order valence-electron chi connectivity index (χ2n) is 17.3. The molecule has 3 fully saturated rings. The van der Waals surface area contributed by atoms with Crippen LogP contribution in [0, 0.1) is 24.5 Å². The third-order valence-electron chi connectivity index (χ3n) is 13.3. The van der Waals surface area contributed by atoms with Gasteiger partial charge >= 0.3 is 0 Å². The number of hydrogen-bond acceptors (Lipinski definition) is 8. The number of aryl methyl sites for hydroxylation is 3. The lowest BCUT2D eigenvalue weighted by molar-refractivity contribution is 0.0651. The number of nitrogens with one attached hydrogen (secondary N) is 1. The topological polar surface area (TPSA) is 73.5 Å². The average Bonchev–Trinajstić information content (AvgIpc) is 3.96. The minimum absolute atomic E-state index is 0.308. The normalized spacial score (nSPS) is 20.3. The van der Waals surface area contributed by atoms with Gasteiger partial charge in [-0.3, -0.25) is 19.5 Å². The van der Waals surface area contributed by atoms with E-state index < -0.39 is 11.6 Å². The van der Waals surface area contributed by atoms with E-state index >= 15 is 0 Å². The number of nitrogens with zero attached hydrogens (tertiary/aromatic N) is 9. The SMILES string of the molecule is C=C1Nc2nc3ccc(CN4CCC(N5CCN(C(=C)C6CCN(c7cc(F)cc(F)c7)C6)CC5)CC4)cc3n2CCCCCCc2c(cnn2C)-c2cc1cc(C)n2. The van der Waals surface area contributed by atoms with Gasteiger partial charge in [-0.25, -0.2) is 13.8 Å². The first-order valence-electron chi connectivity index (χ1n) is 21.7. The predicted molar refractivity (Wildman–Crippen MR) is 233 cm³/mol. The fourth-order valence-corrected chi connectivity index (χ4v) is 9.99. The molecule has 1 unspecified atom stereocenters. The molecule has 4 aliphatic heterocycles. The Bertz CT molecular complexity index is 2310. The summed E-state index contributed by atoms with van der Waals surface area (Å²) < 4.78 is 32.1. The van der Waals surface area contributed by atoms with Crippen molar-refractivity contribution < 1.29 is 8.78 Å². The van der Waals surface area contributed by atoms with Crippen molar-refractivity contribution in [2.24, 2.45) is 13.0 Å². The lowest BCUT2D eigenvalue weighted by Crippen LogP contribution is -2.53. The van der Waals surface area contributed by atoms with Gasteiger partial charge in [0, 0.05) is 117 Å². The lowest BCUT2D eigenvalue weighted by atomic mass is 10.0. The molecule has 310 valence electrons. The van der Waals surface area contributed by atoms with E-state index in [2.05, 4.69) is 78.1 Å². The van der Waals surface area contributed by atoms with Gasteiger partial charge in [-0.1, -0.05) is 32.1 Å². The van der Waals surface area contributed by atoms with Crippen molar-refractivity contribution in [3.63, 3.8) is 0 Å². The molecule has 0 aliphatic carbocycles. The number of hydrogen-bond donors (Lipinski definition) is 1. The Morgan fingerprint density at radius 2 is 1.63 bits per heavy atom. The van der Waals surface area contributed by atoms with Crippen molar-refractivity contribution in [2.45, 2.75) is 77.4 Å². The largest absolute Gasteiger partial charge is 0.372 e. The first-order chi connectivity index (χ1) is 28.6. The van der Waals surface area contributed by atoms with E-state index in [-0.39, 0.29) is 0 Å². The number of fused-ring (bicyclic) bond motifs is 7. The van der Waals surface area contributed by atoms with Crippen LogP contribution >= 0.6 is 0 Å². The molecule has 2 bridgehead atoms. The van der Waals surface area contributed by atoms with Crippen LogP contribution in [-0.2, 0) is 26.6 Å². The predicted octanol–water partition coefficient (Wildman–Crippen LogP) is 8.24. The highest BCUT2D eigenvalue weighted by molar-refractivity contribution is 5.83. The molecule has 3 saturated heterocycles. The highest BCUT2D eigenvalue weighted by atomic mass is 19.1. The quantitative estimate of drug-likeness (QED) is 0.184. The van der Waals surface area contributed by atoms with Crippen LogP contribution in [0.4, 0.5) is 20.4 Å². The molecule has 1 N–H and O–H groups in total. The van der Waals surface area contributed by atoms with E-state index in [0.29, 0.717) is 17.6 Å². The van der Waals surface area contributed by atoms with Crippen LogP contribution in [0.25, 0.3) is 28.0 Å². The van der Waals surface area contributed by atoms with Gasteiger partial charge in [0.15, 0.2) is 0 Å². The number of piperidine rings is 1. The second kappa shape index (κ2) is 16.9. The van der Waals surface area contributed by atoms with E-state index in [1.165, 1.54) is 47.4 Å². The van der Waals surface area contributed by atoms with Crippen LogP contribution in [0.3, 0.4) is 0 Å². The Morgan fingerprint density at radius 3 is 2.42 bits per heavy atom. The molecule has 1 atom stereocenters. The lowest BCUT2D eigenvalue weighted by Gasteiger charge is -2.44. The number of anilines is 2. The highest BCUT2D eigenvalue weighted by Gasteiger charge is 2.32. The van der Waals surface area contributed by atoms with Gasteiger partial charge in [0.2, 0.25) is 5.95 Å². The maximum absolute atomic E-state index is 13.9. The minimum atomic E-state index is -0.525. The number of benzene rings is 2. The van der Waals surface area contributed by atoms with Crippen molar-refractivity contribution in [1.82, 2.24) is 39.0 Å². The maximum atomic E-state index is 13.9. The van der Waals surface area contributed by atoms with Gasteiger partial charge in [-0.05, 0) is 100 Å². The third kappa shape index (κ3) is 8.52. The molecule has 0 radical (unpaired) electrons. The van der Waals surface area contributed by atoms with Gasteiger partial charge in [-0.15, -0.1) is 0 Å². The Balaban J connectivity index is 0.809. The minimum Gasteiger partial charge on any atom is -0.372 e. The first kappa shape index (κ1) is 39.4. The molecule has 12 heteroatoms. The fraction of sp³-hybridized carbons (Fsp3) is 0.468. The number of aromatic nitrogens is 5. The summed E-state index contributed by atoms with van der Waals surface area (Å²) >= 11 is 0. The Hall–Kier alpha value is -5.07. The van der Waals surface area contributed by atoms with Crippen molar-refractivity contribution in [2.75, 3.05) is 62.6 Å². The molecular formula is C47H58F2N10. The van der Waals surface area contributed by atoms with Crippen LogP contribution in [0.5, 0.6) is 0 Å². The van der Waals surface area contributed by atoms with E-state index in [9.17, 15) is 8.78 Å². The van der Waals surface area contributed by atoms with Gasteiger partial charge in [0.05, 0.1) is 22.9 Å². The van der Waals surface area contributed by atoms with Gasteiger partial charge in [0.1, 0.15) is 11.6 Å². The molecular weight excluding hydrogens is 743 g/mol. The molecule has 0 saturated carbocycles. The molecule has 3 aromatic heterocycles. The van der Waals surface area contributed by atoms with E-state index in [1.54, 1.807) is 0 Å². The third-order valence-corrected chi connectivity index (χ3v) is 13.3. The van der Waals surface area contributed by atoms with Gasteiger partial charge < -0.3 is 19.7 Å². The molecule has 2 aromatic carbocycles. The fourth-order valence-electron chi connectivity index (χ4n) is 9.99. The highest BCUT2D eigenvalue weighted by Crippen LogP contribution is 2.33. The summed E-state index contributed by atoms with van der Waals surface area (Å²) in [6.07, 6.45) is 10.8. The van der Waals surface area contributed by atoms with E-state index in [1.807, 2.05) is 24.9 Å². The molecule has 9 rings (SSSR count). The number of piperazine rings is 1. The zero-order chi connectivity index (χ0) is 40.6. The molecule has 7 heterocycles. The molecule has 4 aliphatic rings. The first-order valence-corrected chi connectivity index (χ1v) is 21.7. The van der Waals surface area contributed by atoms with Crippen LogP contribution in [0.1, 0.15) is 67.5 Å². The summed E-state index contributed by atoms with van der Waals surface area (Å²) in [5.74, 6) is 0.0958. The maximum Gasteiger partial charge on any atom is 0.208 e. The van der Waals surface area contributed by atoms with E-state index in [0.717, 1.165) is 150 Å². The number of halogens is 2.